The number of hydrogen-bond acceptors (Lipinski definition) is 4. The number of carbonyl (C=O) groups excluding carboxylic acids is 1. The number of aliphatic hydroxyl groups excluding tert-OH is 1. The van der Waals surface area contributed by atoms with Gasteiger partial charge in [0.05, 0.1) is 5.60 Å². The van der Waals surface area contributed by atoms with Gasteiger partial charge in [-0.25, -0.2) is 0 Å². The summed E-state index contributed by atoms with van der Waals surface area (Å²) in [4.78, 5) is 11.2. The van der Waals surface area contributed by atoms with E-state index in [0.29, 0.717) is 24.7 Å². The molecule has 3 fully saturated rings. The standard InChI is InChI=1S/C11H18O2.C11H22O2/c1-8-4-6-11(10(8,2)3)7-5-9(12)13-11;1-9-5-7-11(13,6-4-8-12)10(9,2)3/h8H,4-7H2,1-3H3;9,12-13H,4-8H2,1-3H3. The molecule has 1 heterocycles. The van der Waals surface area contributed by atoms with E-state index in [-0.39, 0.29) is 29.0 Å². The topological polar surface area (TPSA) is 66.8 Å². The normalized spacial score (nSPS) is 40.4. The SMILES string of the molecule is CC1CCC(O)(CCCO)C1(C)C.CC1CCC2(CCC(=O)O2)C1(C)C. The van der Waals surface area contributed by atoms with Crippen molar-refractivity contribution in [3.8, 4) is 0 Å². The maximum Gasteiger partial charge on any atom is 0.306 e. The van der Waals surface area contributed by atoms with Gasteiger partial charge in [0.25, 0.3) is 0 Å². The van der Waals surface area contributed by atoms with Crippen LogP contribution in [0.1, 0.15) is 92.9 Å². The molecule has 3 aliphatic rings. The third-order valence-electron chi connectivity index (χ3n) is 8.60. The van der Waals surface area contributed by atoms with Crippen LogP contribution in [0.4, 0.5) is 0 Å². The first kappa shape index (κ1) is 21.7. The van der Waals surface area contributed by atoms with Crippen molar-refractivity contribution in [2.45, 2.75) is 104 Å². The zero-order valence-electron chi connectivity index (χ0n) is 17.7. The predicted octanol–water partition coefficient (Wildman–Crippen LogP) is 4.46. The van der Waals surface area contributed by atoms with Gasteiger partial charge in [-0.2, -0.15) is 0 Å². The molecule has 4 unspecified atom stereocenters. The minimum absolute atomic E-state index is 0.00201. The average Bonchev–Trinajstić information content (AvgIpc) is 3.13. The Morgan fingerprint density at radius 2 is 1.58 bits per heavy atom. The molecule has 0 aromatic carbocycles. The second kappa shape index (κ2) is 7.43. The van der Waals surface area contributed by atoms with Crippen LogP contribution in [0.3, 0.4) is 0 Å². The van der Waals surface area contributed by atoms with E-state index < -0.39 is 5.60 Å². The molecule has 26 heavy (non-hydrogen) atoms. The fourth-order valence-electron chi connectivity index (χ4n) is 5.25. The molecule has 0 amide bonds. The molecule has 2 saturated carbocycles. The maximum atomic E-state index is 11.2. The van der Waals surface area contributed by atoms with Crippen LogP contribution >= 0.6 is 0 Å². The molecule has 4 heteroatoms. The molecule has 0 aromatic rings. The van der Waals surface area contributed by atoms with Crippen LogP contribution in [0.2, 0.25) is 0 Å². The number of carbonyl (C=O) groups is 1. The van der Waals surface area contributed by atoms with Crippen LogP contribution in [-0.4, -0.2) is 34.0 Å². The number of aliphatic hydroxyl groups is 2. The monoisotopic (exact) mass is 368 g/mol. The largest absolute Gasteiger partial charge is 0.458 e. The van der Waals surface area contributed by atoms with Crippen LogP contribution in [0.5, 0.6) is 0 Å². The lowest BCUT2D eigenvalue weighted by atomic mass is 9.71. The van der Waals surface area contributed by atoms with Crippen molar-refractivity contribution in [3.63, 3.8) is 0 Å². The molecule has 3 rings (SSSR count). The first-order valence-corrected chi connectivity index (χ1v) is 10.5. The van der Waals surface area contributed by atoms with Crippen molar-refractivity contribution in [2.24, 2.45) is 22.7 Å². The number of esters is 1. The predicted molar refractivity (Wildman–Crippen MR) is 104 cm³/mol. The molecule has 152 valence electrons. The second-order valence-electron chi connectivity index (χ2n) is 10.1. The summed E-state index contributed by atoms with van der Waals surface area (Å²) in [5, 5.41) is 19.2. The molecule has 1 spiro atoms. The van der Waals surface area contributed by atoms with E-state index in [4.69, 9.17) is 9.84 Å². The Kier molecular flexibility index (Phi) is 6.19. The third kappa shape index (κ3) is 3.56. The lowest BCUT2D eigenvalue weighted by Gasteiger charge is -2.39. The Balaban J connectivity index is 0.000000187. The summed E-state index contributed by atoms with van der Waals surface area (Å²) < 4.78 is 5.56. The van der Waals surface area contributed by atoms with E-state index in [1.165, 1.54) is 6.42 Å². The van der Waals surface area contributed by atoms with E-state index in [0.717, 1.165) is 32.1 Å². The highest BCUT2D eigenvalue weighted by Crippen LogP contribution is 2.56. The van der Waals surface area contributed by atoms with E-state index in [2.05, 4.69) is 41.5 Å². The summed E-state index contributed by atoms with van der Waals surface area (Å²) in [5.41, 5.74) is -0.500. The van der Waals surface area contributed by atoms with Gasteiger partial charge in [-0.3, -0.25) is 4.79 Å². The van der Waals surface area contributed by atoms with Crippen molar-refractivity contribution in [3.05, 3.63) is 0 Å². The highest BCUT2D eigenvalue weighted by atomic mass is 16.6. The Morgan fingerprint density at radius 3 is 1.96 bits per heavy atom. The quantitative estimate of drug-likeness (QED) is 0.722. The third-order valence-corrected chi connectivity index (χ3v) is 8.60. The molecule has 4 atom stereocenters. The summed E-state index contributed by atoms with van der Waals surface area (Å²) >= 11 is 0. The van der Waals surface area contributed by atoms with E-state index >= 15 is 0 Å². The molecule has 2 aliphatic carbocycles. The summed E-state index contributed by atoms with van der Waals surface area (Å²) in [6, 6.07) is 0. The van der Waals surface area contributed by atoms with Gasteiger partial charge in [0.1, 0.15) is 5.60 Å². The van der Waals surface area contributed by atoms with Gasteiger partial charge in [-0.05, 0) is 62.2 Å². The van der Waals surface area contributed by atoms with Crippen molar-refractivity contribution in [2.75, 3.05) is 6.61 Å². The molecule has 0 radical (unpaired) electrons. The van der Waals surface area contributed by atoms with Gasteiger partial charge in [0.15, 0.2) is 0 Å². The molecule has 0 bridgehead atoms. The fraction of sp³-hybridized carbons (Fsp3) is 0.955. The van der Waals surface area contributed by atoms with Crippen molar-refractivity contribution in [1.82, 2.24) is 0 Å². The average molecular weight is 369 g/mol. The fourth-order valence-corrected chi connectivity index (χ4v) is 5.25. The van der Waals surface area contributed by atoms with Crippen LogP contribution < -0.4 is 0 Å². The number of ether oxygens (including phenoxy) is 1. The van der Waals surface area contributed by atoms with Crippen LogP contribution in [0.25, 0.3) is 0 Å². The highest BCUT2D eigenvalue weighted by Gasteiger charge is 2.57. The number of hydrogen-bond donors (Lipinski definition) is 2. The lowest BCUT2D eigenvalue weighted by molar-refractivity contribution is -0.157. The zero-order valence-corrected chi connectivity index (χ0v) is 17.7. The molecule has 2 N–H and O–H groups in total. The van der Waals surface area contributed by atoms with Gasteiger partial charge in [-0.1, -0.05) is 41.5 Å². The maximum absolute atomic E-state index is 11.2. The van der Waals surface area contributed by atoms with E-state index in [1.807, 2.05) is 0 Å². The Morgan fingerprint density at radius 1 is 1.00 bits per heavy atom. The first-order chi connectivity index (χ1) is 11.9. The van der Waals surface area contributed by atoms with Gasteiger partial charge >= 0.3 is 5.97 Å². The summed E-state index contributed by atoms with van der Waals surface area (Å²) in [6.45, 7) is 13.4. The van der Waals surface area contributed by atoms with Gasteiger partial charge in [-0.15, -0.1) is 0 Å². The minimum atomic E-state index is -0.546. The van der Waals surface area contributed by atoms with Gasteiger partial charge < -0.3 is 14.9 Å². The molecule has 1 saturated heterocycles. The second-order valence-corrected chi connectivity index (χ2v) is 10.1. The zero-order chi connectivity index (χ0) is 19.8. The Bertz CT molecular complexity index is 512. The molecular formula is C22H40O4. The smallest absolute Gasteiger partial charge is 0.306 e. The summed E-state index contributed by atoms with van der Waals surface area (Å²) in [7, 11) is 0. The Labute approximate surface area is 159 Å². The molecular weight excluding hydrogens is 328 g/mol. The van der Waals surface area contributed by atoms with E-state index in [9.17, 15) is 9.90 Å². The lowest BCUT2D eigenvalue weighted by Crippen LogP contribution is -2.42. The summed E-state index contributed by atoms with van der Waals surface area (Å²) in [6.07, 6.45) is 7.26. The van der Waals surface area contributed by atoms with Crippen LogP contribution in [0.15, 0.2) is 0 Å². The van der Waals surface area contributed by atoms with Gasteiger partial charge in [0.2, 0.25) is 0 Å². The van der Waals surface area contributed by atoms with Crippen molar-refractivity contribution < 1.29 is 19.7 Å². The first-order valence-electron chi connectivity index (χ1n) is 10.5. The Hall–Kier alpha value is -0.610. The van der Waals surface area contributed by atoms with E-state index in [1.54, 1.807) is 0 Å². The number of rotatable bonds is 3. The van der Waals surface area contributed by atoms with Crippen LogP contribution in [0, 0.1) is 22.7 Å². The van der Waals surface area contributed by atoms with Crippen LogP contribution in [-0.2, 0) is 9.53 Å². The minimum Gasteiger partial charge on any atom is -0.458 e. The molecule has 4 nitrogen and oxygen atoms in total. The van der Waals surface area contributed by atoms with Gasteiger partial charge in [0, 0.05) is 18.4 Å². The van der Waals surface area contributed by atoms with Crippen molar-refractivity contribution >= 4 is 5.97 Å². The molecule has 0 aromatic heterocycles. The van der Waals surface area contributed by atoms with Crippen molar-refractivity contribution in [1.29, 1.82) is 0 Å². The highest BCUT2D eigenvalue weighted by molar-refractivity contribution is 5.72. The molecule has 1 aliphatic heterocycles. The summed E-state index contributed by atoms with van der Waals surface area (Å²) in [5.74, 6) is 1.25.